The molecule has 0 aliphatic heterocycles. The largest absolute Gasteiger partial charge is 0.495 e. The minimum atomic E-state index is -0.172. The van der Waals surface area contributed by atoms with Gasteiger partial charge in [-0.25, -0.2) is 4.98 Å². The molecule has 2 heterocycles. The second kappa shape index (κ2) is 4.85. The molecule has 0 radical (unpaired) electrons. The zero-order chi connectivity index (χ0) is 12.4. The highest BCUT2D eigenvalue weighted by Gasteiger charge is 2.16. The average molecular weight is 268 g/mol. The van der Waals surface area contributed by atoms with Crippen LogP contribution in [0.1, 0.15) is 19.4 Å². The Labute approximate surface area is 107 Å². The second-order valence-corrected chi connectivity index (χ2v) is 5.98. The van der Waals surface area contributed by atoms with E-state index in [1.807, 2.05) is 19.9 Å². The number of ether oxygens (including phenoxy) is 1. The third kappa shape index (κ3) is 2.65. The number of methoxy groups -OCH3 is 1. The summed E-state index contributed by atoms with van der Waals surface area (Å²) in [5.41, 5.74) is 0. The molecule has 0 unspecified atom stereocenters. The van der Waals surface area contributed by atoms with Crippen molar-refractivity contribution in [1.29, 1.82) is 0 Å². The Kier molecular flexibility index (Phi) is 3.44. The van der Waals surface area contributed by atoms with Gasteiger partial charge in [0.05, 0.1) is 7.11 Å². The molecule has 6 heteroatoms. The lowest BCUT2D eigenvalue weighted by atomic mass is 10.4. The van der Waals surface area contributed by atoms with E-state index in [9.17, 15) is 4.79 Å². The molecular formula is C11H12N2O2S2. The van der Waals surface area contributed by atoms with Crippen LogP contribution in [0.3, 0.4) is 0 Å². The first kappa shape index (κ1) is 12.1. The molecule has 2 rings (SSSR count). The summed E-state index contributed by atoms with van der Waals surface area (Å²) in [5, 5.41) is 3.38. The number of rotatable bonds is 3. The van der Waals surface area contributed by atoms with Crippen molar-refractivity contribution < 1.29 is 9.53 Å². The Hall–Kier alpha value is -1.40. The SMILES string of the molecule is COc1cc(C)sc1C(=O)Nc1ncc(C)s1. The summed E-state index contributed by atoms with van der Waals surface area (Å²) >= 11 is 2.86. The van der Waals surface area contributed by atoms with E-state index in [0.29, 0.717) is 15.8 Å². The maximum absolute atomic E-state index is 12.0. The maximum atomic E-state index is 12.0. The summed E-state index contributed by atoms with van der Waals surface area (Å²) in [4.78, 5) is 18.8. The quantitative estimate of drug-likeness (QED) is 0.930. The smallest absolute Gasteiger partial charge is 0.271 e. The van der Waals surface area contributed by atoms with Crippen molar-refractivity contribution in [3.63, 3.8) is 0 Å². The van der Waals surface area contributed by atoms with Crippen LogP contribution in [-0.2, 0) is 0 Å². The van der Waals surface area contributed by atoms with E-state index in [4.69, 9.17) is 4.74 Å². The average Bonchev–Trinajstić information content (AvgIpc) is 2.84. The van der Waals surface area contributed by atoms with Crippen LogP contribution in [0.2, 0.25) is 0 Å². The Morgan fingerprint density at radius 2 is 2.12 bits per heavy atom. The van der Waals surface area contributed by atoms with E-state index in [0.717, 1.165) is 9.75 Å². The molecule has 4 nitrogen and oxygen atoms in total. The molecule has 0 saturated heterocycles. The molecule has 1 amide bonds. The summed E-state index contributed by atoms with van der Waals surface area (Å²) in [6.07, 6.45) is 1.73. The fourth-order valence-corrected chi connectivity index (χ4v) is 2.90. The first-order valence-corrected chi connectivity index (χ1v) is 6.61. The molecule has 1 N–H and O–H groups in total. The van der Waals surface area contributed by atoms with Crippen molar-refractivity contribution in [2.75, 3.05) is 12.4 Å². The molecule has 0 atom stereocenters. The molecule has 0 spiro atoms. The predicted molar refractivity (Wildman–Crippen MR) is 70.4 cm³/mol. The zero-order valence-electron chi connectivity index (χ0n) is 9.73. The van der Waals surface area contributed by atoms with Crippen LogP contribution in [0.4, 0.5) is 5.13 Å². The number of carbonyl (C=O) groups is 1. The van der Waals surface area contributed by atoms with Crippen LogP contribution < -0.4 is 10.1 Å². The number of nitrogens with zero attached hydrogens (tertiary/aromatic N) is 1. The van der Waals surface area contributed by atoms with Crippen molar-refractivity contribution in [2.24, 2.45) is 0 Å². The van der Waals surface area contributed by atoms with Gasteiger partial charge in [0.2, 0.25) is 0 Å². The van der Waals surface area contributed by atoms with Gasteiger partial charge in [-0.2, -0.15) is 0 Å². The lowest BCUT2D eigenvalue weighted by molar-refractivity contribution is 0.102. The molecule has 17 heavy (non-hydrogen) atoms. The summed E-state index contributed by atoms with van der Waals surface area (Å²) in [6.45, 7) is 3.89. The van der Waals surface area contributed by atoms with Crippen LogP contribution in [0.25, 0.3) is 0 Å². The molecule has 0 aromatic carbocycles. The van der Waals surface area contributed by atoms with Crippen molar-refractivity contribution >= 4 is 33.7 Å². The van der Waals surface area contributed by atoms with E-state index in [2.05, 4.69) is 10.3 Å². The fraction of sp³-hybridized carbons (Fsp3) is 0.273. The number of aromatic nitrogens is 1. The van der Waals surface area contributed by atoms with Crippen LogP contribution >= 0.6 is 22.7 Å². The number of thiazole rings is 1. The Morgan fingerprint density at radius 1 is 1.35 bits per heavy atom. The number of nitrogens with one attached hydrogen (secondary N) is 1. The van der Waals surface area contributed by atoms with Crippen LogP contribution in [-0.4, -0.2) is 18.0 Å². The number of aryl methyl sites for hydroxylation is 2. The predicted octanol–water partition coefficient (Wildman–Crippen LogP) is 3.08. The molecule has 0 saturated carbocycles. The molecule has 0 aliphatic carbocycles. The van der Waals surface area contributed by atoms with E-state index >= 15 is 0 Å². The summed E-state index contributed by atoms with van der Waals surface area (Å²) in [6, 6.07) is 1.85. The minimum absolute atomic E-state index is 0.172. The van der Waals surface area contributed by atoms with Gasteiger partial charge in [-0.05, 0) is 19.9 Å². The van der Waals surface area contributed by atoms with Gasteiger partial charge in [-0.1, -0.05) is 0 Å². The van der Waals surface area contributed by atoms with Crippen molar-refractivity contribution in [1.82, 2.24) is 4.98 Å². The lowest BCUT2D eigenvalue weighted by Crippen LogP contribution is -2.10. The van der Waals surface area contributed by atoms with Gasteiger partial charge in [0, 0.05) is 16.0 Å². The van der Waals surface area contributed by atoms with Gasteiger partial charge >= 0.3 is 0 Å². The number of anilines is 1. The van der Waals surface area contributed by atoms with Gasteiger partial charge < -0.3 is 4.74 Å². The Bertz CT molecular complexity index is 545. The number of amides is 1. The molecule has 0 bridgehead atoms. The molecular weight excluding hydrogens is 256 g/mol. The van der Waals surface area contributed by atoms with Gasteiger partial charge in [0.25, 0.3) is 5.91 Å². The molecule has 2 aromatic heterocycles. The normalized spacial score (nSPS) is 10.3. The molecule has 2 aromatic rings. The van der Waals surface area contributed by atoms with Gasteiger partial charge in [0.1, 0.15) is 10.6 Å². The second-order valence-electron chi connectivity index (χ2n) is 3.48. The fourth-order valence-electron chi connectivity index (χ4n) is 1.37. The molecule has 0 fully saturated rings. The zero-order valence-corrected chi connectivity index (χ0v) is 11.4. The Morgan fingerprint density at radius 3 is 2.71 bits per heavy atom. The van der Waals surface area contributed by atoms with E-state index in [-0.39, 0.29) is 5.91 Å². The molecule has 0 aliphatic rings. The highest BCUT2D eigenvalue weighted by molar-refractivity contribution is 7.16. The maximum Gasteiger partial charge on any atom is 0.271 e. The summed E-state index contributed by atoms with van der Waals surface area (Å²) in [7, 11) is 1.56. The first-order valence-electron chi connectivity index (χ1n) is 4.98. The standard InChI is InChI=1S/C11H12N2O2S2/c1-6-4-8(15-3)9(16-6)10(14)13-11-12-5-7(2)17-11/h4-5H,1-3H3,(H,12,13,14). The van der Waals surface area contributed by atoms with Crippen molar-refractivity contribution in [2.45, 2.75) is 13.8 Å². The highest BCUT2D eigenvalue weighted by atomic mass is 32.1. The number of thiophene rings is 1. The van der Waals surface area contributed by atoms with Crippen molar-refractivity contribution in [3.05, 3.63) is 26.9 Å². The minimum Gasteiger partial charge on any atom is -0.495 e. The first-order chi connectivity index (χ1) is 8.10. The topological polar surface area (TPSA) is 51.2 Å². The van der Waals surface area contributed by atoms with E-state index < -0.39 is 0 Å². The summed E-state index contributed by atoms with van der Waals surface area (Å²) < 4.78 is 5.16. The van der Waals surface area contributed by atoms with E-state index in [1.54, 1.807) is 13.3 Å². The highest BCUT2D eigenvalue weighted by Crippen LogP contribution is 2.29. The van der Waals surface area contributed by atoms with Crippen molar-refractivity contribution in [3.8, 4) is 5.75 Å². The van der Waals surface area contributed by atoms with Gasteiger partial charge in [0.15, 0.2) is 5.13 Å². The van der Waals surface area contributed by atoms with Gasteiger partial charge in [-0.15, -0.1) is 22.7 Å². The third-order valence-corrected chi connectivity index (χ3v) is 3.95. The van der Waals surface area contributed by atoms with Crippen LogP contribution in [0.5, 0.6) is 5.75 Å². The lowest BCUT2D eigenvalue weighted by Gasteiger charge is -2.01. The van der Waals surface area contributed by atoms with Crippen LogP contribution in [0, 0.1) is 13.8 Å². The Balaban J connectivity index is 2.19. The molecule has 90 valence electrons. The third-order valence-electron chi connectivity index (χ3n) is 2.09. The number of hydrogen-bond donors (Lipinski definition) is 1. The summed E-state index contributed by atoms with van der Waals surface area (Å²) in [5.74, 6) is 0.438. The monoisotopic (exact) mass is 268 g/mol. The van der Waals surface area contributed by atoms with Gasteiger partial charge in [-0.3, -0.25) is 10.1 Å². The van der Waals surface area contributed by atoms with Crippen LogP contribution in [0.15, 0.2) is 12.3 Å². The van der Waals surface area contributed by atoms with E-state index in [1.165, 1.54) is 22.7 Å². The number of carbonyl (C=O) groups excluding carboxylic acids is 1. The number of hydrogen-bond acceptors (Lipinski definition) is 5.